The first-order chi connectivity index (χ1) is 19.7. The SMILES string of the molecule is C=C1C[C@@H]2C[C@@H]3C[C@@H](O)C[C@@H](O3)c3coc(n3)/C=C/C[C@H]3O[C@@H](/C(C)=C/I)[C@H](C)C(OC(=O)/C=C\C[C@@H](C1)O2)[C@H]3C. The molecule has 5 heterocycles. The fraction of sp³-hybridized carbons (Fsp3) is 0.625. The Kier molecular flexibility index (Phi) is 10.2. The van der Waals surface area contributed by atoms with E-state index in [0.717, 1.165) is 24.0 Å². The Morgan fingerprint density at radius 1 is 1.02 bits per heavy atom. The van der Waals surface area contributed by atoms with Crippen LogP contribution in [0.3, 0.4) is 0 Å². The number of aliphatic hydroxyl groups excluding tert-OH is 1. The van der Waals surface area contributed by atoms with Crippen LogP contribution in [0.5, 0.6) is 0 Å². The van der Waals surface area contributed by atoms with E-state index < -0.39 is 6.10 Å². The Labute approximate surface area is 256 Å². The molecule has 0 spiro atoms. The lowest BCUT2D eigenvalue weighted by atomic mass is 9.80. The summed E-state index contributed by atoms with van der Waals surface area (Å²) in [7, 11) is 0. The minimum atomic E-state index is -0.485. The van der Waals surface area contributed by atoms with Crippen molar-refractivity contribution in [1.82, 2.24) is 4.98 Å². The summed E-state index contributed by atoms with van der Waals surface area (Å²) in [5.41, 5.74) is 2.92. The summed E-state index contributed by atoms with van der Waals surface area (Å²) in [5, 5.41) is 10.6. The normalized spacial score (nSPS) is 40.7. The van der Waals surface area contributed by atoms with Crippen molar-refractivity contribution in [1.29, 1.82) is 0 Å². The summed E-state index contributed by atoms with van der Waals surface area (Å²) in [6.07, 6.45) is 11.5. The summed E-state index contributed by atoms with van der Waals surface area (Å²) in [4.78, 5) is 17.6. The van der Waals surface area contributed by atoms with Gasteiger partial charge in [0.15, 0.2) is 0 Å². The van der Waals surface area contributed by atoms with E-state index in [1.807, 2.05) is 22.3 Å². The molecule has 0 radical (unpaired) electrons. The second-order valence-corrected chi connectivity index (χ2v) is 12.7. The molecule has 1 aromatic rings. The van der Waals surface area contributed by atoms with Gasteiger partial charge in [0.05, 0.1) is 36.6 Å². The standard InChI is InChI=1S/C32H42INO7/c1-18-11-23-7-5-10-30(36)41-32-20(3)27(40-31(21(32)4)19(2)16-33)8-6-9-29-34-26(17-37-29)28-14-22(35)13-25(39-28)15-24(12-18)38-23/h5-6,9-10,16-17,20-25,27-28,31-32,35H,1,7-8,11-15H2,2-4H3/b9-6+,10-5-,19-16+/t20-,21-,22+,23-,24+,25-,27+,28+,31-,32?/m0/s1. The highest BCUT2D eigenvalue weighted by atomic mass is 127. The van der Waals surface area contributed by atoms with Crippen molar-refractivity contribution < 1.29 is 33.3 Å². The summed E-state index contributed by atoms with van der Waals surface area (Å²) in [6, 6.07) is 0. The van der Waals surface area contributed by atoms with Gasteiger partial charge in [-0.05, 0) is 54.8 Å². The summed E-state index contributed by atoms with van der Waals surface area (Å²) in [6.45, 7) is 10.5. The van der Waals surface area contributed by atoms with Gasteiger partial charge in [0.2, 0.25) is 5.89 Å². The number of hydrogen-bond acceptors (Lipinski definition) is 8. The minimum Gasteiger partial charge on any atom is -0.458 e. The van der Waals surface area contributed by atoms with E-state index in [2.05, 4.69) is 54.9 Å². The van der Waals surface area contributed by atoms with Crippen LogP contribution < -0.4 is 0 Å². The van der Waals surface area contributed by atoms with Crippen LogP contribution in [0.15, 0.2) is 50.7 Å². The lowest BCUT2D eigenvalue weighted by Gasteiger charge is -2.44. The van der Waals surface area contributed by atoms with Crippen LogP contribution in [-0.2, 0) is 23.7 Å². The van der Waals surface area contributed by atoms with Crippen LogP contribution in [0.4, 0.5) is 0 Å². The second-order valence-electron chi connectivity index (χ2n) is 12.1. The Morgan fingerprint density at radius 3 is 2.61 bits per heavy atom. The Morgan fingerprint density at radius 2 is 1.80 bits per heavy atom. The van der Waals surface area contributed by atoms with Crippen molar-refractivity contribution in [2.24, 2.45) is 11.8 Å². The molecular formula is C32H42INO7. The summed E-state index contributed by atoms with van der Waals surface area (Å²) >= 11 is 2.23. The zero-order valence-electron chi connectivity index (χ0n) is 24.1. The first kappa shape index (κ1) is 30.7. The first-order valence-electron chi connectivity index (χ1n) is 14.8. The number of carbonyl (C=O) groups excluding carboxylic acids is 1. The van der Waals surface area contributed by atoms with Gasteiger partial charge in [-0.1, -0.05) is 60.7 Å². The Hall–Kier alpha value is -1.79. The summed E-state index contributed by atoms with van der Waals surface area (Å²) in [5.74, 6) is 0.120. The lowest BCUT2D eigenvalue weighted by Crippen LogP contribution is -2.50. The molecule has 0 amide bonds. The van der Waals surface area contributed by atoms with Gasteiger partial charge in [-0.3, -0.25) is 0 Å². The predicted molar refractivity (Wildman–Crippen MR) is 163 cm³/mol. The maximum atomic E-state index is 13.0. The van der Waals surface area contributed by atoms with E-state index in [1.54, 1.807) is 6.26 Å². The third kappa shape index (κ3) is 7.60. The van der Waals surface area contributed by atoms with Gasteiger partial charge in [-0.25, -0.2) is 9.78 Å². The maximum absolute atomic E-state index is 13.0. The van der Waals surface area contributed by atoms with Crippen LogP contribution in [0.2, 0.25) is 0 Å². The molecule has 224 valence electrons. The molecule has 3 saturated heterocycles. The average Bonchev–Trinajstić information content (AvgIpc) is 3.40. The number of carbonyl (C=O) groups is 1. The highest BCUT2D eigenvalue weighted by Crippen LogP contribution is 2.38. The van der Waals surface area contributed by atoms with E-state index in [4.69, 9.17) is 23.4 Å². The number of rotatable bonds is 1. The molecule has 0 aliphatic carbocycles. The van der Waals surface area contributed by atoms with Gasteiger partial charge in [-0.15, -0.1) is 0 Å². The molecule has 0 saturated carbocycles. The monoisotopic (exact) mass is 679 g/mol. The van der Waals surface area contributed by atoms with E-state index in [-0.39, 0.29) is 60.5 Å². The largest absolute Gasteiger partial charge is 0.458 e. The number of oxazole rings is 1. The number of ether oxygens (including phenoxy) is 4. The predicted octanol–water partition coefficient (Wildman–Crippen LogP) is 6.40. The zero-order chi connectivity index (χ0) is 29.1. The van der Waals surface area contributed by atoms with Crippen molar-refractivity contribution in [2.45, 2.75) is 115 Å². The van der Waals surface area contributed by atoms with Gasteiger partial charge in [-0.2, -0.15) is 0 Å². The van der Waals surface area contributed by atoms with Gasteiger partial charge in [0, 0.05) is 30.8 Å². The highest BCUT2D eigenvalue weighted by molar-refractivity contribution is 14.1. The fourth-order valence-electron chi connectivity index (χ4n) is 6.68. The van der Waals surface area contributed by atoms with E-state index >= 15 is 0 Å². The van der Waals surface area contributed by atoms with Crippen molar-refractivity contribution in [3.63, 3.8) is 0 Å². The fourth-order valence-corrected chi connectivity index (χ4v) is 7.04. The maximum Gasteiger partial charge on any atom is 0.330 e. The molecule has 10 atom stereocenters. The number of hydrogen-bond donors (Lipinski definition) is 1. The molecule has 8 bridgehead atoms. The molecule has 9 heteroatoms. The zero-order valence-corrected chi connectivity index (χ0v) is 26.3. The van der Waals surface area contributed by atoms with Gasteiger partial charge >= 0.3 is 5.97 Å². The molecule has 4 aliphatic rings. The van der Waals surface area contributed by atoms with Crippen LogP contribution in [-0.4, -0.2) is 58.8 Å². The first-order valence-corrected chi connectivity index (χ1v) is 16.0. The van der Waals surface area contributed by atoms with Crippen LogP contribution in [0.1, 0.15) is 83.4 Å². The molecule has 1 unspecified atom stereocenters. The quantitative estimate of drug-likeness (QED) is 0.207. The second kappa shape index (κ2) is 13.7. The smallest absolute Gasteiger partial charge is 0.330 e. The molecule has 4 aliphatic heterocycles. The van der Waals surface area contributed by atoms with Crippen LogP contribution in [0, 0.1) is 11.8 Å². The van der Waals surface area contributed by atoms with Crippen molar-refractivity contribution in [2.75, 3.05) is 0 Å². The van der Waals surface area contributed by atoms with Crippen LogP contribution >= 0.6 is 22.6 Å². The molecular weight excluding hydrogens is 637 g/mol. The van der Waals surface area contributed by atoms with E-state index in [1.165, 1.54) is 6.08 Å². The van der Waals surface area contributed by atoms with E-state index in [0.29, 0.717) is 43.7 Å². The van der Waals surface area contributed by atoms with E-state index in [9.17, 15) is 9.90 Å². The number of aromatic nitrogens is 1. The number of halogens is 1. The molecule has 1 N–H and O–H groups in total. The third-order valence-electron chi connectivity index (χ3n) is 8.77. The lowest BCUT2D eigenvalue weighted by molar-refractivity contribution is -0.180. The van der Waals surface area contributed by atoms with Gasteiger partial charge in [0.25, 0.3) is 0 Å². The number of esters is 1. The van der Waals surface area contributed by atoms with Crippen molar-refractivity contribution in [3.8, 4) is 0 Å². The van der Waals surface area contributed by atoms with Gasteiger partial charge < -0.3 is 28.5 Å². The highest BCUT2D eigenvalue weighted by Gasteiger charge is 2.43. The molecule has 3 fully saturated rings. The molecule has 41 heavy (non-hydrogen) atoms. The Bertz CT molecular complexity index is 1170. The minimum absolute atomic E-state index is 0.00460. The average molecular weight is 680 g/mol. The van der Waals surface area contributed by atoms with Crippen molar-refractivity contribution >= 4 is 34.6 Å². The van der Waals surface area contributed by atoms with Crippen molar-refractivity contribution in [3.05, 3.63) is 57.9 Å². The van der Waals surface area contributed by atoms with Gasteiger partial charge in [0.1, 0.15) is 24.2 Å². The Balaban J connectivity index is 1.41. The number of aliphatic hydroxyl groups is 1. The van der Waals surface area contributed by atoms with Crippen LogP contribution in [0.25, 0.3) is 6.08 Å². The summed E-state index contributed by atoms with van der Waals surface area (Å²) < 4.78 is 33.2. The molecule has 1 aromatic heterocycles. The number of fused-ring (bicyclic) bond motifs is 9. The third-order valence-corrected chi connectivity index (χ3v) is 9.75. The number of nitrogens with zero attached hydrogens (tertiary/aromatic N) is 1. The molecule has 8 nitrogen and oxygen atoms in total. The molecule has 0 aromatic carbocycles. The topological polar surface area (TPSA) is 100 Å². The molecule has 5 rings (SSSR count).